The van der Waals surface area contributed by atoms with Crippen molar-refractivity contribution in [1.29, 1.82) is 0 Å². The molecule has 0 rings (SSSR count). The summed E-state index contributed by atoms with van der Waals surface area (Å²) in [4.78, 5) is 0. The molecule has 0 aromatic carbocycles. The maximum Gasteiger partial charge on any atom is -0.00317 e. The number of hydrogen-bond donors (Lipinski definition) is 0. The van der Waals surface area contributed by atoms with Crippen LogP contribution in [0.2, 0.25) is 0 Å². The molecule has 0 nitrogen and oxygen atoms in total. The van der Waals surface area contributed by atoms with E-state index >= 15 is 0 Å². The SMILES string of the molecule is C=C=C=CC=C=C=CC. The van der Waals surface area contributed by atoms with Gasteiger partial charge in [-0.25, -0.2) is 0 Å². The first-order chi connectivity index (χ1) is 4.41. The van der Waals surface area contributed by atoms with E-state index in [-0.39, 0.29) is 0 Å². The Kier molecular flexibility index (Phi) is 5.57. The maximum atomic E-state index is 3.34. The average Bonchev–Trinajstić information content (AvgIpc) is 1.89. The lowest BCUT2D eigenvalue weighted by atomic mass is 10.5. The fourth-order valence-electron chi connectivity index (χ4n) is 0.274. The van der Waals surface area contributed by atoms with E-state index in [4.69, 9.17) is 0 Å². The second-order valence-electron chi connectivity index (χ2n) is 1.23. The van der Waals surface area contributed by atoms with Gasteiger partial charge < -0.3 is 0 Å². The van der Waals surface area contributed by atoms with Gasteiger partial charge in [-0.3, -0.25) is 0 Å². The fourth-order valence-corrected chi connectivity index (χ4v) is 0.274. The Balaban J connectivity index is 4.20. The molecule has 0 saturated carbocycles. The number of rotatable bonds is 1. The first kappa shape index (κ1) is 7.60. The zero-order valence-electron chi connectivity index (χ0n) is 5.44. The van der Waals surface area contributed by atoms with Crippen LogP contribution >= 0.6 is 0 Å². The molecule has 0 heteroatoms. The molecule has 0 amide bonds. The summed E-state index contributed by atoms with van der Waals surface area (Å²) >= 11 is 0. The largest absolute Gasteiger partial charge is 0.0781 e. The normalized spacial score (nSPS) is 5.00. The van der Waals surface area contributed by atoms with Crippen LogP contribution in [0, 0.1) is 0 Å². The van der Waals surface area contributed by atoms with Crippen LogP contribution in [0.25, 0.3) is 0 Å². The van der Waals surface area contributed by atoms with Crippen LogP contribution in [0.15, 0.2) is 47.7 Å². The van der Waals surface area contributed by atoms with Crippen molar-refractivity contribution < 1.29 is 0 Å². The van der Waals surface area contributed by atoms with Crippen molar-refractivity contribution in [2.75, 3.05) is 0 Å². The van der Waals surface area contributed by atoms with Crippen molar-refractivity contribution in [3.8, 4) is 0 Å². The molecule has 0 aliphatic heterocycles. The van der Waals surface area contributed by atoms with Gasteiger partial charge in [0.2, 0.25) is 0 Å². The molecule has 0 bridgehead atoms. The lowest BCUT2D eigenvalue weighted by molar-refractivity contribution is 1.77. The number of hydrogen-bond acceptors (Lipinski definition) is 0. The van der Waals surface area contributed by atoms with E-state index in [9.17, 15) is 0 Å². The molecule has 0 radical (unpaired) electrons. The van der Waals surface area contributed by atoms with E-state index in [0.717, 1.165) is 0 Å². The first-order valence-corrected chi connectivity index (χ1v) is 2.63. The molecule has 0 aromatic heterocycles. The summed E-state index contributed by atoms with van der Waals surface area (Å²) in [5, 5.41) is 0. The average molecular weight is 116 g/mol. The van der Waals surface area contributed by atoms with Crippen molar-refractivity contribution in [2.24, 2.45) is 0 Å². The molecule has 0 heterocycles. The number of allylic oxidation sites excluding steroid dienone is 3. The molecular weight excluding hydrogens is 108 g/mol. The Morgan fingerprint density at radius 3 is 2.33 bits per heavy atom. The smallest absolute Gasteiger partial charge is 0.00317 e. The summed E-state index contributed by atoms with van der Waals surface area (Å²) in [6.07, 6.45) is 5.14. The van der Waals surface area contributed by atoms with Crippen molar-refractivity contribution in [3.63, 3.8) is 0 Å². The Labute approximate surface area is 55.5 Å². The summed E-state index contributed by atoms with van der Waals surface area (Å²) in [6, 6.07) is 0. The topological polar surface area (TPSA) is 0 Å². The van der Waals surface area contributed by atoms with Gasteiger partial charge in [0.1, 0.15) is 0 Å². The van der Waals surface area contributed by atoms with E-state index in [0.29, 0.717) is 0 Å². The molecule has 44 valence electrons. The molecule has 0 spiro atoms. The van der Waals surface area contributed by atoms with Gasteiger partial charge in [0.25, 0.3) is 0 Å². The predicted molar refractivity (Wildman–Crippen MR) is 39.1 cm³/mol. The van der Waals surface area contributed by atoms with Crippen molar-refractivity contribution in [1.82, 2.24) is 0 Å². The molecule has 0 aliphatic rings. The Morgan fingerprint density at radius 1 is 1.11 bits per heavy atom. The van der Waals surface area contributed by atoms with E-state index in [1.807, 2.05) is 6.92 Å². The maximum absolute atomic E-state index is 3.34. The van der Waals surface area contributed by atoms with Crippen LogP contribution in [-0.4, -0.2) is 0 Å². The monoisotopic (exact) mass is 116 g/mol. The Hall–Kier alpha value is -1.40. The summed E-state index contributed by atoms with van der Waals surface area (Å²) < 4.78 is 0. The highest BCUT2D eigenvalue weighted by molar-refractivity contribution is 5.00. The van der Waals surface area contributed by atoms with Gasteiger partial charge in [-0.05, 0) is 31.7 Å². The van der Waals surface area contributed by atoms with Crippen LogP contribution in [0.3, 0.4) is 0 Å². The molecule has 0 fully saturated rings. The molecule has 0 unspecified atom stereocenters. The Morgan fingerprint density at radius 2 is 1.78 bits per heavy atom. The summed E-state index contributed by atoms with van der Waals surface area (Å²) in [5.74, 6) is 0. The fraction of sp³-hybridized carbons (Fsp3) is 0.111. The minimum Gasteiger partial charge on any atom is -0.0781 e. The second-order valence-corrected chi connectivity index (χ2v) is 1.23. The molecular formula is C9H8. The molecule has 0 N–H and O–H groups in total. The van der Waals surface area contributed by atoms with Crippen molar-refractivity contribution >= 4 is 0 Å². The predicted octanol–water partition coefficient (Wildman–Crippen LogP) is 2.37. The molecule has 0 aromatic rings. The lowest BCUT2D eigenvalue weighted by Crippen LogP contribution is -1.34. The molecule has 0 saturated heterocycles. The highest BCUT2D eigenvalue weighted by Gasteiger charge is 1.47. The zero-order valence-corrected chi connectivity index (χ0v) is 5.44. The summed E-state index contributed by atoms with van der Waals surface area (Å²) in [6.45, 7) is 5.22. The molecule has 9 heavy (non-hydrogen) atoms. The summed E-state index contributed by atoms with van der Waals surface area (Å²) in [7, 11) is 0. The Bertz CT molecular complexity index is 231. The highest BCUT2D eigenvalue weighted by Crippen LogP contribution is 1.66. The lowest BCUT2D eigenvalue weighted by Gasteiger charge is -1.53. The van der Waals surface area contributed by atoms with Gasteiger partial charge in [-0.1, -0.05) is 22.9 Å². The standard InChI is InChI=1S/C9H8/c1-3-5-7-9-8-6-4-2/h4,7,9H,1H2,2H3. The van der Waals surface area contributed by atoms with E-state index in [1.54, 1.807) is 18.2 Å². The van der Waals surface area contributed by atoms with Gasteiger partial charge >= 0.3 is 0 Å². The van der Waals surface area contributed by atoms with E-state index < -0.39 is 0 Å². The van der Waals surface area contributed by atoms with Crippen molar-refractivity contribution in [2.45, 2.75) is 6.92 Å². The minimum absolute atomic E-state index is 1.67. The highest BCUT2D eigenvalue weighted by atomic mass is 13.5. The van der Waals surface area contributed by atoms with E-state index in [1.165, 1.54) is 0 Å². The van der Waals surface area contributed by atoms with Crippen LogP contribution < -0.4 is 0 Å². The van der Waals surface area contributed by atoms with Gasteiger partial charge in [0, 0.05) is 0 Å². The first-order valence-electron chi connectivity index (χ1n) is 2.63. The zero-order chi connectivity index (χ0) is 6.95. The molecule has 0 atom stereocenters. The summed E-state index contributed by atoms with van der Waals surface area (Å²) in [5.41, 5.74) is 10.6. The third-order valence-corrected chi connectivity index (χ3v) is 0.580. The van der Waals surface area contributed by atoms with Crippen LogP contribution in [0.4, 0.5) is 0 Å². The van der Waals surface area contributed by atoms with Gasteiger partial charge in [0.05, 0.1) is 0 Å². The van der Waals surface area contributed by atoms with Crippen LogP contribution in [0.5, 0.6) is 0 Å². The van der Waals surface area contributed by atoms with Crippen molar-refractivity contribution in [3.05, 3.63) is 47.7 Å². The quantitative estimate of drug-likeness (QED) is 0.364. The third-order valence-electron chi connectivity index (χ3n) is 0.580. The van der Waals surface area contributed by atoms with Crippen LogP contribution in [0.1, 0.15) is 6.92 Å². The van der Waals surface area contributed by atoms with Crippen LogP contribution in [-0.2, 0) is 0 Å². The molecule has 0 aliphatic carbocycles. The second kappa shape index (κ2) is 6.60. The van der Waals surface area contributed by atoms with Gasteiger partial charge in [0.15, 0.2) is 0 Å². The van der Waals surface area contributed by atoms with Gasteiger partial charge in [-0.2, -0.15) is 0 Å². The third kappa shape index (κ3) is 6.60. The van der Waals surface area contributed by atoms with Gasteiger partial charge in [-0.15, -0.1) is 0 Å². The minimum atomic E-state index is 1.67. The van der Waals surface area contributed by atoms with E-state index in [2.05, 4.69) is 29.5 Å².